The van der Waals surface area contributed by atoms with Crippen molar-refractivity contribution < 1.29 is 13.2 Å². The summed E-state index contributed by atoms with van der Waals surface area (Å²) >= 11 is 0. The van der Waals surface area contributed by atoms with E-state index in [9.17, 15) is 13.2 Å². The molecule has 9 heteroatoms. The van der Waals surface area contributed by atoms with Crippen LogP contribution in [0.2, 0.25) is 0 Å². The molecule has 0 saturated heterocycles. The second-order valence-electron chi connectivity index (χ2n) is 3.31. The van der Waals surface area contributed by atoms with Crippen LogP contribution >= 0.6 is 0 Å². The molecule has 0 aliphatic carbocycles. The van der Waals surface area contributed by atoms with Crippen LogP contribution in [0.4, 0.5) is 13.2 Å². The Hall–Kier alpha value is -2.45. The zero-order valence-corrected chi connectivity index (χ0v) is 8.81. The van der Waals surface area contributed by atoms with Gasteiger partial charge in [-0.3, -0.25) is 5.41 Å². The van der Waals surface area contributed by atoms with Gasteiger partial charge in [-0.25, -0.2) is 14.6 Å². The molecule has 94 valence electrons. The number of nitrogens with zero attached hydrogens (tertiary/aromatic N) is 4. The van der Waals surface area contributed by atoms with E-state index in [1.807, 2.05) is 0 Å². The second-order valence-corrected chi connectivity index (χ2v) is 3.31. The summed E-state index contributed by atoms with van der Waals surface area (Å²) in [5.74, 6) is -0.428. The molecule has 2 heterocycles. The minimum absolute atomic E-state index is 0.0273. The summed E-state index contributed by atoms with van der Waals surface area (Å²) in [6.07, 6.45) is -0.503. The Balaban J connectivity index is 2.50. The zero-order valence-electron chi connectivity index (χ0n) is 8.81. The highest BCUT2D eigenvalue weighted by Crippen LogP contribution is 2.29. The summed E-state index contributed by atoms with van der Waals surface area (Å²) in [6, 6.07) is 0. The van der Waals surface area contributed by atoms with Gasteiger partial charge in [0.2, 0.25) is 0 Å². The van der Waals surface area contributed by atoms with Gasteiger partial charge < -0.3 is 5.73 Å². The molecule has 6 nitrogen and oxygen atoms in total. The number of nitrogen functional groups attached to an aromatic ring is 1. The van der Waals surface area contributed by atoms with Crippen molar-refractivity contribution in [3.63, 3.8) is 0 Å². The zero-order chi connectivity index (χ0) is 13.3. The third-order valence-electron chi connectivity index (χ3n) is 2.06. The Morgan fingerprint density at radius 2 is 1.94 bits per heavy atom. The van der Waals surface area contributed by atoms with E-state index in [1.165, 1.54) is 12.4 Å². The third-order valence-corrected chi connectivity index (χ3v) is 2.06. The van der Waals surface area contributed by atoms with Gasteiger partial charge in [0.1, 0.15) is 11.5 Å². The van der Waals surface area contributed by atoms with Gasteiger partial charge in [-0.2, -0.15) is 18.3 Å². The molecule has 0 spiro atoms. The van der Waals surface area contributed by atoms with Crippen LogP contribution in [0, 0.1) is 5.41 Å². The van der Waals surface area contributed by atoms with Gasteiger partial charge in [-0.1, -0.05) is 0 Å². The fourth-order valence-electron chi connectivity index (χ4n) is 1.27. The summed E-state index contributed by atoms with van der Waals surface area (Å²) in [5.41, 5.74) is 4.31. The standard InChI is InChI=1S/C9H7F3N6/c10-9(11,12)5-3-17-18(4-5)8-6(7(13)14)15-1-2-16-8/h1-4H,(H3,13,14). The van der Waals surface area contributed by atoms with Gasteiger partial charge in [0, 0.05) is 18.6 Å². The predicted octanol–water partition coefficient (Wildman–Crippen LogP) is 0.965. The molecule has 18 heavy (non-hydrogen) atoms. The number of halogens is 3. The monoisotopic (exact) mass is 256 g/mol. The molecule has 0 aliphatic heterocycles. The van der Waals surface area contributed by atoms with E-state index in [1.54, 1.807) is 0 Å². The molecule has 0 radical (unpaired) electrons. The molecule has 0 aliphatic rings. The van der Waals surface area contributed by atoms with E-state index in [0.717, 1.165) is 10.9 Å². The Morgan fingerprint density at radius 1 is 1.28 bits per heavy atom. The molecule has 0 atom stereocenters. The maximum absolute atomic E-state index is 12.4. The normalized spacial score (nSPS) is 11.5. The first-order valence-corrected chi connectivity index (χ1v) is 4.67. The van der Waals surface area contributed by atoms with Gasteiger partial charge in [-0.15, -0.1) is 0 Å². The van der Waals surface area contributed by atoms with Gasteiger partial charge in [0.05, 0.1) is 11.8 Å². The number of alkyl halides is 3. The molecule has 0 bridgehead atoms. The van der Waals surface area contributed by atoms with Gasteiger partial charge in [-0.05, 0) is 0 Å². The van der Waals surface area contributed by atoms with Gasteiger partial charge >= 0.3 is 6.18 Å². The van der Waals surface area contributed by atoms with E-state index in [2.05, 4.69) is 15.1 Å². The molecule has 0 fully saturated rings. The van der Waals surface area contributed by atoms with Crippen LogP contribution in [0.1, 0.15) is 11.3 Å². The maximum Gasteiger partial charge on any atom is 0.419 e. The second kappa shape index (κ2) is 4.09. The van der Waals surface area contributed by atoms with Crippen molar-refractivity contribution >= 4 is 5.84 Å². The average molecular weight is 256 g/mol. The van der Waals surface area contributed by atoms with Gasteiger partial charge in [0.15, 0.2) is 5.82 Å². The number of aromatic nitrogens is 4. The number of nitrogens with two attached hydrogens (primary N) is 1. The first-order chi connectivity index (χ1) is 8.39. The van der Waals surface area contributed by atoms with Crippen molar-refractivity contribution in [2.75, 3.05) is 0 Å². The van der Waals surface area contributed by atoms with Crippen LogP contribution in [0.15, 0.2) is 24.8 Å². The van der Waals surface area contributed by atoms with E-state index >= 15 is 0 Å². The first kappa shape index (κ1) is 12.0. The van der Waals surface area contributed by atoms with Crippen molar-refractivity contribution in [1.82, 2.24) is 19.7 Å². The number of hydrogen-bond acceptors (Lipinski definition) is 4. The van der Waals surface area contributed by atoms with Crippen molar-refractivity contribution in [1.29, 1.82) is 5.41 Å². The molecule has 3 N–H and O–H groups in total. The Kier molecular flexibility index (Phi) is 2.73. The molecule has 0 amide bonds. The summed E-state index contributed by atoms with van der Waals surface area (Å²) in [6.45, 7) is 0. The number of amidine groups is 1. The van der Waals surface area contributed by atoms with Crippen LogP contribution in [-0.2, 0) is 6.18 Å². The summed E-state index contributed by atoms with van der Waals surface area (Å²) < 4.78 is 38.1. The summed E-state index contributed by atoms with van der Waals surface area (Å²) in [5, 5.41) is 10.8. The lowest BCUT2D eigenvalue weighted by Gasteiger charge is -2.05. The highest BCUT2D eigenvalue weighted by Gasteiger charge is 2.32. The lowest BCUT2D eigenvalue weighted by molar-refractivity contribution is -0.137. The molecule has 2 aromatic heterocycles. The predicted molar refractivity (Wildman–Crippen MR) is 55.2 cm³/mol. The van der Waals surface area contributed by atoms with Crippen LogP contribution in [0.3, 0.4) is 0 Å². The van der Waals surface area contributed by atoms with Crippen molar-refractivity contribution in [3.05, 3.63) is 36.0 Å². The Labute approximate surface area is 98.8 Å². The highest BCUT2D eigenvalue weighted by atomic mass is 19.4. The quantitative estimate of drug-likeness (QED) is 0.618. The fraction of sp³-hybridized carbons (Fsp3) is 0.111. The molecule has 0 aromatic carbocycles. The topological polar surface area (TPSA) is 93.5 Å². The number of nitrogens with one attached hydrogen (secondary N) is 1. The lowest BCUT2D eigenvalue weighted by Crippen LogP contribution is -2.18. The van der Waals surface area contributed by atoms with E-state index in [-0.39, 0.29) is 11.5 Å². The average Bonchev–Trinajstić information content (AvgIpc) is 2.77. The first-order valence-electron chi connectivity index (χ1n) is 4.67. The van der Waals surface area contributed by atoms with Crippen LogP contribution in [0.25, 0.3) is 5.82 Å². The Morgan fingerprint density at radius 3 is 2.50 bits per heavy atom. The molecule has 2 aromatic rings. The highest BCUT2D eigenvalue weighted by molar-refractivity contribution is 5.95. The molecular formula is C9H7F3N6. The minimum Gasteiger partial charge on any atom is -0.382 e. The van der Waals surface area contributed by atoms with Crippen LogP contribution in [0.5, 0.6) is 0 Å². The maximum atomic E-state index is 12.4. The van der Waals surface area contributed by atoms with Gasteiger partial charge in [0.25, 0.3) is 0 Å². The lowest BCUT2D eigenvalue weighted by atomic mass is 10.3. The van der Waals surface area contributed by atoms with Crippen molar-refractivity contribution in [3.8, 4) is 5.82 Å². The smallest absolute Gasteiger partial charge is 0.382 e. The van der Waals surface area contributed by atoms with Crippen molar-refractivity contribution in [2.45, 2.75) is 6.18 Å². The largest absolute Gasteiger partial charge is 0.419 e. The number of hydrogen-bond donors (Lipinski definition) is 2. The minimum atomic E-state index is -4.49. The molecule has 0 saturated carbocycles. The molecular weight excluding hydrogens is 249 g/mol. The van der Waals surface area contributed by atoms with E-state index < -0.39 is 17.6 Å². The van der Waals surface area contributed by atoms with Crippen LogP contribution in [-0.4, -0.2) is 25.6 Å². The third kappa shape index (κ3) is 2.14. The summed E-state index contributed by atoms with van der Waals surface area (Å²) in [4.78, 5) is 7.59. The summed E-state index contributed by atoms with van der Waals surface area (Å²) in [7, 11) is 0. The molecule has 2 rings (SSSR count). The molecule has 0 unspecified atom stereocenters. The fourth-order valence-corrected chi connectivity index (χ4v) is 1.27. The SMILES string of the molecule is N=C(N)c1nccnc1-n1cc(C(F)(F)F)cn1. The van der Waals surface area contributed by atoms with E-state index in [0.29, 0.717) is 6.20 Å². The van der Waals surface area contributed by atoms with E-state index in [4.69, 9.17) is 11.1 Å². The Bertz CT molecular complexity index is 588. The number of rotatable bonds is 2. The van der Waals surface area contributed by atoms with Crippen molar-refractivity contribution in [2.24, 2.45) is 5.73 Å². The van der Waals surface area contributed by atoms with Crippen LogP contribution < -0.4 is 5.73 Å².